The van der Waals surface area contributed by atoms with Gasteiger partial charge in [-0.15, -0.1) is 5.10 Å². The SMILES string of the molecule is O=C(NCc1ccccc1CN1CCCC1)c1nnn(-c2cccc(F)c2)c1C(F)(F)F. The maximum absolute atomic E-state index is 13.8. The number of halogens is 4. The molecule has 2 heterocycles. The van der Waals surface area contributed by atoms with Crippen LogP contribution in [0.15, 0.2) is 48.5 Å². The van der Waals surface area contributed by atoms with Crippen molar-refractivity contribution >= 4 is 5.91 Å². The van der Waals surface area contributed by atoms with Gasteiger partial charge in [-0.05, 0) is 55.3 Å². The zero-order chi connectivity index (χ0) is 22.7. The van der Waals surface area contributed by atoms with Gasteiger partial charge in [0.2, 0.25) is 0 Å². The van der Waals surface area contributed by atoms with E-state index in [0.29, 0.717) is 4.68 Å². The highest BCUT2D eigenvalue weighted by atomic mass is 19.4. The van der Waals surface area contributed by atoms with Gasteiger partial charge in [0, 0.05) is 13.1 Å². The Bertz CT molecular complexity index is 1110. The Labute approximate surface area is 181 Å². The molecule has 1 N–H and O–H groups in total. The number of nitrogens with one attached hydrogen (secondary N) is 1. The first-order valence-corrected chi connectivity index (χ1v) is 10.2. The molecule has 1 fully saturated rings. The standard InChI is InChI=1S/C22H21F4N5O/c23-17-8-5-9-18(12-17)31-20(22(24,25)26)19(28-29-31)21(32)27-13-15-6-1-2-7-16(15)14-30-10-3-4-11-30/h1-2,5-9,12H,3-4,10-11,13-14H2,(H,27,32). The van der Waals surface area contributed by atoms with E-state index in [0.717, 1.165) is 55.7 Å². The summed E-state index contributed by atoms with van der Waals surface area (Å²) >= 11 is 0. The van der Waals surface area contributed by atoms with E-state index in [2.05, 4.69) is 20.5 Å². The lowest BCUT2D eigenvalue weighted by Crippen LogP contribution is -2.28. The molecule has 6 nitrogen and oxygen atoms in total. The second kappa shape index (κ2) is 9.07. The lowest BCUT2D eigenvalue weighted by molar-refractivity contribution is -0.143. The second-order valence-corrected chi connectivity index (χ2v) is 7.61. The van der Waals surface area contributed by atoms with Crippen molar-refractivity contribution in [1.29, 1.82) is 0 Å². The van der Waals surface area contributed by atoms with Crippen LogP contribution in [0.25, 0.3) is 5.69 Å². The first-order valence-electron chi connectivity index (χ1n) is 10.2. The van der Waals surface area contributed by atoms with E-state index in [4.69, 9.17) is 0 Å². The highest BCUT2D eigenvalue weighted by Crippen LogP contribution is 2.33. The van der Waals surface area contributed by atoms with Gasteiger partial charge in [0.1, 0.15) is 5.82 Å². The van der Waals surface area contributed by atoms with Crippen LogP contribution < -0.4 is 5.32 Å². The maximum atomic E-state index is 13.8. The molecule has 32 heavy (non-hydrogen) atoms. The minimum atomic E-state index is -4.92. The molecule has 0 atom stereocenters. The summed E-state index contributed by atoms with van der Waals surface area (Å²) < 4.78 is 55.2. The largest absolute Gasteiger partial charge is 0.435 e. The van der Waals surface area contributed by atoms with Crippen LogP contribution in [0.1, 0.15) is 40.2 Å². The normalized spacial score (nSPS) is 14.6. The lowest BCUT2D eigenvalue weighted by Gasteiger charge is -2.17. The van der Waals surface area contributed by atoms with E-state index in [1.165, 1.54) is 12.1 Å². The van der Waals surface area contributed by atoms with Crippen molar-refractivity contribution in [3.05, 3.63) is 76.9 Å². The average molecular weight is 447 g/mol. The van der Waals surface area contributed by atoms with E-state index in [9.17, 15) is 22.4 Å². The zero-order valence-electron chi connectivity index (χ0n) is 17.1. The molecule has 0 spiro atoms. The molecule has 10 heteroatoms. The predicted molar refractivity (Wildman–Crippen MR) is 108 cm³/mol. The fourth-order valence-corrected chi connectivity index (χ4v) is 3.80. The Morgan fingerprint density at radius 1 is 1.03 bits per heavy atom. The number of hydrogen-bond donors (Lipinski definition) is 1. The third-order valence-corrected chi connectivity index (χ3v) is 5.36. The molecule has 1 aliphatic rings. The Balaban J connectivity index is 1.56. The van der Waals surface area contributed by atoms with Crippen molar-refractivity contribution < 1.29 is 22.4 Å². The van der Waals surface area contributed by atoms with Crippen LogP contribution in [-0.4, -0.2) is 38.9 Å². The smallest absolute Gasteiger partial charge is 0.346 e. The molecule has 0 bridgehead atoms. The monoisotopic (exact) mass is 447 g/mol. The third kappa shape index (κ3) is 4.80. The van der Waals surface area contributed by atoms with Gasteiger partial charge in [0.25, 0.3) is 5.91 Å². The van der Waals surface area contributed by atoms with Crippen molar-refractivity contribution in [3.8, 4) is 5.69 Å². The van der Waals surface area contributed by atoms with E-state index < -0.39 is 29.3 Å². The molecule has 1 amide bonds. The van der Waals surface area contributed by atoms with Gasteiger partial charge in [-0.3, -0.25) is 9.69 Å². The zero-order valence-corrected chi connectivity index (χ0v) is 17.1. The summed E-state index contributed by atoms with van der Waals surface area (Å²) in [6.07, 6.45) is -2.64. The quantitative estimate of drug-likeness (QED) is 0.582. The molecule has 1 aliphatic heterocycles. The van der Waals surface area contributed by atoms with Crippen LogP contribution in [-0.2, 0) is 19.3 Å². The van der Waals surface area contributed by atoms with Gasteiger partial charge in [0.15, 0.2) is 11.4 Å². The number of alkyl halides is 3. The number of aromatic nitrogens is 3. The summed E-state index contributed by atoms with van der Waals surface area (Å²) in [7, 11) is 0. The van der Waals surface area contributed by atoms with Crippen molar-refractivity contribution in [2.75, 3.05) is 13.1 Å². The molecule has 1 aromatic heterocycles. The Hall–Kier alpha value is -3.27. The number of hydrogen-bond acceptors (Lipinski definition) is 4. The number of amides is 1. The predicted octanol–water partition coefficient (Wildman–Crippen LogP) is 3.95. The maximum Gasteiger partial charge on any atom is 0.435 e. The van der Waals surface area contributed by atoms with Gasteiger partial charge in [-0.1, -0.05) is 35.5 Å². The number of nitrogens with zero attached hydrogens (tertiary/aromatic N) is 4. The van der Waals surface area contributed by atoms with Gasteiger partial charge < -0.3 is 5.32 Å². The van der Waals surface area contributed by atoms with Crippen LogP contribution in [0.3, 0.4) is 0 Å². The molecule has 0 unspecified atom stereocenters. The first kappa shape index (κ1) is 21.9. The minimum Gasteiger partial charge on any atom is -0.346 e. The fraction of sp³-hybridized carbons (Fsp3) is 0.318. The topological polar surface area (TPSA) is 63.1 Å². The Morgan fingerprint density at radius 2 is 1.75 bits per heavy atom. The summed E-state index contributed by atoms with van der Waals surface area (Å²) in [4.78, 5) is 14.9. The molecule has 0 radical (unpaired) electrons. The molecule has 168 valence electrons. The number of rotatable bonds is 6. The highest BCUT2D eigenvalue weighted by Gasteiger charge is 2.42. The van der Waals surface area contributed by atoms with Crippen LogP contribution in [0, 0.1) is 5.82 Å². The van der Waals surface area contributed by atoms with Gasteiger partial charge in [-0.2, -0.15) is 13.2 Å². The molecule has 1 saturated heterocycles. The molecule has 3 aromatic rings. The summed E-state index contributed by atoms with van der Waals surface area (Å²) in [5.41, 5.74) is -0.572. The minimum absolute atomic E-state index is 0.0486. The number of carbonyl (C=O) groups is 1. The summed E-state index contributed by atoms with van der Waals surface area (Å²) in [5, 5.41) is 9.45. The van der Waals surface area contributed by atoms with Crippen LogP contribution >= 0.6 is 0 Å². The first-order chi connectivity index (χ1) is 15.3. The molecular formula is C22H21F4N5O. The Morgan fingerprint density at radius 3 is 2.44 bits per heavy atom. The molecular weight excluding hydrogens is 426 g/mol. The van der Waals surface area contributed by atoms with Gasteiger partial charge in [-0.25, -0.2) is 9.07 Å². The van der Waals surface area contributed by atoms with Crippen LogP contribution in [0.4, 0.5) is 17.6 Å². The fourth-order valence-electron chi connectivity index (χ4n) is 3.80. The number of benzene rings is 2. The Kier molecular flexibility index (Phi) is 6.22. The average Bonchev–Trinajstić information content (AvgIpc) is 3.42. The van der Waals surface area contributed by atoms with E-state index >= 15 is 0 Å². The van der Waals surface area contributed by atoms with E-state index in [1.807, 2.05) is 24.3 Å². The molecule has 0 saturated carbocycles. The van der Waals surface area contributed by atoms with Crippen molar-refractivity contribution in [2.24, 2.45) is 0 Å². The lowest BCUT2D eigenvalue weighted by atomic mass is 10.1. The van der Waals surface area contributed by atoms with Crippen molar-refractivity contribution in [3.63, 3.8) is 0 Å². The van der Waals surface area contributed by atoms with E-state index in [-0.39, 0.29) is 12.2 Å². The summed E-state index contributed by atoms with van der Waals surface area (Å²) in [6.45, 7) is 2.76. The highest BCUT2D eigenvalue weighted by molar-refractivity contribution is 5.93. The summed E-state index contributed by atoms with van der Waals surface area (Å²) in [6, 6.07) is 12.0. The third-order valence-electron chi connectivity index (χ3n) is 5.36. The van der Waals surface area contributed by atoms with Crippen molar-refractivity contribution in [1.82, 2.24) is 25.2 Å². The van der Waals surface area contributed by atoms with Crippen LogP contribution in [0.5, 0.6) is 0 Å². The molecule has 2 aromatic carbocycles. The second-order valence-electron chi connectivity index (χ2n) is 7.61. The van der Waals surface area contributed by atoms with Gasteiger partial charge in [0.05, 0.1) is 5.69 Å². The molecule has 0 aliphatic carbocycles. The summed E-state index contributed by atoms with van der Waals surface area (Å²) in [5.74, 6) is -1.73. The van der Waals surface area contributed by atoms with Crippen LogP contribution in [0.2, 0.25) is 0 Å². The van der Waals surface area contributed by atoms with Gasteiger partial charge >= 0.3 is 6.18 Å². The number of carbonyl (C=O) groups excluding carboxylic acids is 1. The number of likely N-dealkylation sites (tertiary alicyclic amines) is 1. The van der Waals surface area contributed by atoms with E-state index in [1.54, 1.807) is 0 Å². The van der Waals surface area contributed by atoms with Crippen molar-refractivity contribution in [2.45, 2.75) is 32.1 Å². The molecule has 4 rings (SSSR count).